The summed E-state index contributed by atoms with van der Waals surface area (Å²) in [6.07, 6.45) is -0.173. The number of esters is 1. The van der Waals surface area contributed by atoms with E-state index >= 15 is 0 Å². The molecule has 0 aliphatic heterocycles. The van der Waals surface area contributed by atoms with Crippen molar-refractivity contribution in [2.45, 2.75) is 45.0 Å². The molecule has 1 fully saturated rings. The van der Waals surface area contributed by atoms with Crippen LogP contribution in [0, 0.1) is 6.92 Å². The second kappa shape index (κ2) is 5.40. The lowest BCUT2D eigenvalue weighted by molar-refractivity contribution is -0.149. The Morgan fingerprint density at radius 1 is 1.28 bits per heavy atom. The number of para-hydroxylation sites is 1. The largest absolute Gasteiger partial charge is 0.486 e. The van der Waals surface area contributed by atoms with Gasteiger partial charge < -0.3 is 14.6 Å². The van der Waals surface area contributed by atoms with E-state index in [1.807, 2.05) is 31.2 Å². The maximum absolute atomic E-state index is 11.0. The van der Waals surface area contributed by atoms with Crippen LogP contribution in [0.5, 0.6) is 5.75 Å². The highest BCUT2D eigenvalue weighted by Crippen LogP contribution is 2.28. The molecule has 0 amide bonds. The molecular weight excluding hydrogens is 232 g/mol. The van der Waals surface area contributed by atoms with E-state index in [9.17, 15) is 9.90 Å². The molecule has 0 bridgehead atoms. The molecule has 0 aromatic heterocycles. The van der Waals surface area contributed by atoms with Crippen LogP contribution >= 0.6 is 0 Å². The number of benzene rings is 1. The number of ether oxygens (including phenoxy) is 2. The van der Waals surface area contributed by atoms with Gasteiger partial charge in [0.05, 0.1) is 6.10 Å². The first kappa shape index (κ1) is 12.9. The first-order chi connectivity index (χ1) is 8.56. The van der Waals surface area contributed by atoms with Crippen LogP contribution < -0.4 is 4.74 Å². The molecule has 4 nitrogen and oxygen atoms in total. The monoisotopic (exact) mass is 250 g/mol. The van der Waals surface area contributed by atoms with Crippen LogP contribution in [0.4, 0.5) is 0 Å². The normalized spacial score (nSPS) is 26.9. The molecule has 1 saturated carbocycles. The average molecular weight is 250 g/mol. The summed E-state index contributed by atoms with van der Waals surface area (Å²) < 4.78 is 11.0. The molecule has 1 aromatic rings. The Bertz CT molecular complexity index is 430. The predicted molar refractivity (Wildman–Crippen MR) is 66.4 cm³/mol. The quantitative estimate of drug-likeness (QED) is 0.831. The number of carbonyl (C=O) groups excluding carboxylic acids is 1. The van der Waals surface area contributed by atoms with Crippen LogP contribution in [0.3, 0.4) is 0 Å². The predicted octanol–water partition coefficient (Wildman–Crippen LogP) is 1.83. The summed E-state index contributed by atoms with van der Waals surface area (Å²) in [6, 6.07) is 7.68. The van der Waals surface area contributed by atoms with Crippen LogP contribution in [-0.2, 0) is 9.53 Å². The lowest BCUT2D eigenvalue weighted by Gasteiger charge is -2.21. The fraction of sp³-hybridized carbons (Fsp3) is 0.500. The van der Waals surface area contributed by atoms with Crippen molar-refractivity contribution in [2.24, 2.45) is 0 Å². The van der Waals surface area contributed by atoms with Gasteiger partial charge in [0.25, 0.3) is 0 Å². The van der Waals surface area contributed by atoms with E-state index in [0.717, 1.165) is 11.3 Å². The number of aryl methyl sites for hydroxylation is 1. The van der Waals surface area contributed by atoms with E-state index in [1.54, 1.807) is 0 Å². The summed E-state index contributed by atoms with van der Waals surface area (Å²) in [5.41, 5.74) is 1.03. The third-order valence-corrected chi connectivity index (χ3v) is 3.11. The molecule has 0 saturated heterocycles. The lowest BCUT2D eigenvalue weighted by atomic mass is 10.2. The molecule has 18 heavy (non-hydrogen) atoms. The summed E-state index contributed by atoms with van der Waals surface area (Å²) in [5.74, 6) is 0.432. The smallest absolute Gasteiger partial charge is 0.303 e. The van der Waals surface area contributed by atoms with Crippen LogP contribution in [0.25, 0.3) is 0 Å². The van der Waals surface area contributed by atoms with Crippen molar-refractivity contribution in [1.82, 2.24) is 0 Å². The van der Waals surface area contributed by atoms with E-state index in [4.69, 9.17) is 9.47 Å². The van der Waals surface area contributed by atoms with Crippen LogP contribution in [-0.4, -0.2) is 29.4 Å². The summed E-state index contributed by atoms with van der Waals surface area (Å²) in [6.45, 7) is 3.33. The maximum Gasteiger partial charge on any atom is 0.303 e. The third kappa shape index (κ3) is 3.01. The van der Waals surface area contributed by atoms with Crippen molar-refractivity contribution in [3.05, 3.63) is 29.8 Å². The molecule has 1 N–H and O–H groups in total. The minimum atomic E-state index is -0.469. The zero-order chi connectivity index (χ0) is 13.1. The number of aliphatic hydroxyl groups is 1. The Morgan fingerprint density at radius 2 is 1.94 bits per heavy atom. The topological polar surface area (TPSA) is 55.8 Å². The summed E-state index contributed by atoms with van der Waals surface area (Å²) in [5, 5.41) is 9.66. The molecule has 4 heteroatoms. The third-order valence-electron chi connectivity index (χ3n) is 3.11. The molecule has 1 aliphatic carbocycles. The van der Waals surface area contributed by atoms with Gasteiger partial charge in [0.1, 0.15) is 18.0 Å². The molecule has 0 radical (unpaired) electrons. The van der Waals surface area contributed by atoms with E-state index in [-0.39, 0.29) is 18.2 Å². The molecule has 1 aliphatic rings. The highest BCUT2D eigenvalue weighted by Gasteiger charge is 2.37. The van der Waals surface area contributed by atoms with Crippen LogP contribution in [0.2, 0.25) is 0 Å². The Hall–Kier alpha value is -1.55. The Morgan fingerprint density at radius 3 is 2.61 bits per heavy atom. The molecule has 0 spiro atoms. The molecule has 98 valence electrons. The minimum absolute atomic E-state index is 0.273. The van der Waals surface area contributed by atoms with E-state index < -0.39 is 6.10 Å². The van der Waals surface area contributed by atoms with Crippen LogP contribution in [0.15, 0.2) is 24.3 Å². The van der Waals surface area contributed by atoms with Crippen molar-refractivity contribution in [1.29, 1.82) is 0 Å². The Balaban J connectivity index is 2.07. The maximum atomic E-state index is 11.0. The first-order valence-electron chi connectivity index (χ1n) is 6.14. The van der Waals surface area contributed by atoms with E-state index in [0.29, 0.717) is 12.8 Å². The van der Waals surface area contributed by atoms with Crippen molar-refractivity contribution in [3.63, 3.8) is 0 Å². The number of carbonyl (C=O) groups is 1. The van der Waals surface area contributed by atoms with Gasteiger partial charge in [-0.25, -0.2) is 0 Å². The van der Waals surface area contributed by atoms with Gasteiger partial charge in [0.2, 0.25) is 0 Å². The number of rotatable bonds is 3. The fourth-order valence-corrected chi connectivity index (χ4v) is 2.25. The lowest BCUT2D eigenvalue weighted by Crippen LogP contribution is -2.30. The first-order valence-corrected chi connectivity index (χ1v) is 6.14. The van der Waals surface area contributed by atoms with Gasteiger partial charge in [0, 0.05) is 19.8 Å². The highest BCUT2D eigenvalue weighted by molar-refractivity contribution is 5.66. The zero-order valence-electron chi connectivity index (χ0n) is 10.6. The fourth-order valence-electron chi connectivity index (χ4n) is 2.25. The average Bonchev–Trinajstić information content (AvgIpc) is 2.61. The van der Waals surface area contributed by atoms with Gasteiger partial charge in [-0.15, -0.1) is 0 Å². The van der Waals surface area contributed by atoms with Crippen molar-refractivity contribution >= 4 is 5.97 Å². The molecule has 1 aromatic carbocycles. The highest BCUT2D eigenvalue weighted by atomic mass is 16.6. The van der Waals surface area contributed by atoms with Crippen molar-refractivity contribution in [2.75, 3.05) is 0 Å². The number of hydrogen-bond acceptors (Lipinski definition) is 4. The van der Waals surface area contributed by atoms with Gasteiger partial charge in [-0.3, -0.25) is 4.79 Å². The van der Waals surface area contributed by atoms with Crippen molar-refractivity contribution in [3.8, 4) is 5.75 Å². The zero-order valence-corrected chi connectivity index (χ0v) is 10.6. The minimum Gasteiger partial charge on any atom is -0.486 e. The summed E-state index contributed by atoms with van der Waals surface area (Å²) in [7, 11) is 0. The number of aliphatic hydroxyl groups excluding tert-OH is 1. The summed E-state index contributed by atoms with van der Waals surface area (Å²) >= 11 is 0. The van der Waals surface area contributed by atoms with E-state index in [1.165, 1.54) is 6.92 Å². The van der Waals surface area contributed by atoms with Gasteiger partial charge in [-0.1, -0.05) is 18.2 Å². The second-order valence-corrected chi connectivity index (χ2v) is 4.69. The molecule has 0 heterocycles. The van der Waals surface area contributed by atoms with Crippen molar-refractivity contribution < 1.29 is 19.4 Å². The molecular formula is C14H18O4. The van der Waals surface area contributed by atoms with Gasteiger partial charge >= 0.3 is 5.97 Å². The molecule has 0 unspecified atom stereocenters. The Labute approximate surface area is 107 Å². The van der Waals surface area contributed by atoms with Gasteiger partial charge in [-0.05, 0) is 18.6 Å². The Kier molecular flexibility index (Phi) is 3.87. The molecule has 3 atom stereocenters. The van der Waals surface area contributed by atoms with E-state index in [2.05, 4.69) is 0 Å². The summed E-state index contributed by atoms with van der Waals surface area (Å²) in [4.78, 5) is 11.0. The van der Waals surface area contributed by atoms with Gasteiger partial charge in [-0.2, -0.15) is 0 Å². The SMILES string of the molecule is CC(=O)O[C@@H]1C[C@H](O)C[C@@H]1Oc1ccccc1C. The standard InChI is InChI=1S/C14H18O4/c1-9-5-3-4-6-12(9)18-14-8-11(16)7-13(14)17-10(2)15/h3-6,11,13-14,16H,7-8H2,1-2H3/t11-,13+,14-/m0/s1. The van der Waals surface area contributed by atoms with Crippen LogP contribution in [0.1, 0.15) is 25.3 Å². The molecule has 2 rings (SSSR count). The van der Waals surface area contributed by atoms with Gasteiger partial charge in [0.15, 0.2) is 0 Å². The number of hydrogen-bond donors (Lipinski definition) is 1. The second-order valence-electron chi connectivity index (χ2n) is 4.69.